The monoisotopic (exact) mass is 443 g/mol. The first kappa shape index (κ1) is 21.2. The van der Waals surface area contributed by atoms with Gasteiger partial charge in [-0.25, -0.2) is 9.18 Å². The summed E-state index contributed by atoms with van der Waals surface area (Å²) in [6.45, 7) is 3.79. The zero-order valence-electron chi connectivity index (χ0n) is 18.4. The van der Waals surface area contributed by atoms with E-state index in [1.807, 2.05) is 0 Å². The van der Waals surface area contributed by atoms with Crippen LogP contribution in [0.4, 0.5) is 10.1 Å². The maximum atomic E-state index is 15.3. The van der Waals surface area contributed by atoms with Crippen LogP contribution in [0.3, 0.4) is 0 Å². The number of imide groups is 1. The minimum absolute atomic E-state index is 0.159. The number of anilines is 1. The highest BCUT2D eigenvalue weighted by atomic mass is 19.1. The van der Waals surface area contributed by atoms with E-state index in [9.17, 15) is 14.4 Å². The van der Waals surface area contributed by atoms with E-state index >= 15 is 4.39 Å². The highest BCUT2D eigenvalue weighted by molar-refractivity contribution is 6.00. The Morgan fingerprint density at radius 1 is 0.938 bits per heavy atom. The standard InChI is InChI=1S/C23H30FN5O3/c1-27-19-13-18(28-10-6-15(7-11-28)14-4-8-25-9-5-14)16(24)12-20(19)29(23(27)32)17-2-3-21(30)26-22(17)31/h12-15,17,25H,2-11H2,1H3,(H,26,30,31). The molecule has 172 valence electrons. The van der Waals surface area contributed by atoms with Gasteiger partial charge in [0.25, 0.3) is 0 Å². The van der Waals surface area contributed by atoms with Crippen LogP contribution in [0.15, 0.2) is 16.9 Å². The van der Waals surface area contributed by atoms with E-state index in [4.69, 9.17) is 0 Å². The Morgan fingerprint density at radius 3 is 2.31 bits per heavy atom. The number of hydrogen-bond acceptors (Lipinski definition) is 5. The molecule has 9 heteroatoms. The summed E-state index contributed by atoms with van der Waals surface area (Å²) in [5, 5.41) is 5.71. The molecule has 1 aromatic heterocycles. The third-order valence-electron chi connectivity index (χ3n) is 7.61. The maximum absolute atomic E-state index is 15.3. The number of amides is 2. The van der Waals surface area contributed by atoms with Crippen LogP contribution in [0, 0.1) is 17.7 Å². The summed E-state index contributed by atoms with van der Waals surface area (Å²) in [5.74, 6) is 0.206. The second kappa shape index (κ2) is 8.35. The van der Waals surface area contributed by atoms with E-state index in [1.54, 1.807) is 13.1 Å². The molecule has 3 aliphatic heterocycles. The number of imidazole rings is 1. The minimum Gasteiger partial charge on any atom is -0.369 e. The Bertz CT molecular complexity index is 1110. The van der Waals surface area contributed by atoms with Gasteiger partial charge in [0.2, 0.25) is 11.8 Å². The normalized spacial score (nSPS) is 23.7. The number of piperidine rings is 3. The van der Waals surface area contributed by atoms with E-state index in [-0.39, 0.29) is 30.3 Å². The van der Waals surface area contributed by atoms with Crippen LogP contribution >= 0.6 is 0 Å². The first-order valence-corrected chi connectivity index (χ1v) is 11.6. The topological polar surface area (TPSA) is 88.4 Å². The van der Waals surface area contributed by atoms with Crippen LogP contribution in [0.2, 0.25) is 0 Å². The van der Waals surface area contributed by atoms with Gasteiger partial charge in [0.05, 0.1) is 16.7 Å². The average Bonchev–Trinajstić information content (AvgIpc) is 3.03. The quantitative estimate of drug-likeness (QED) is 0.705. The summed E-state index contributed by atoms with van der Waals surface area (Å²) >= 11 is 0. The van der Waals surface area contributed by atoms with Gasteiger partial charge in [-0.2, -0.15) is 0 Å². The number of benzene rings is 1. The van der Waals surface area contributed by atoms with Crippen LogP contribution in [0.25, 0.3) is 11.0 Å². The Morgan fingerprint density at radius 2 is 1.62 bits per heavy atom. The van der Waals surface area contributed by atoms with Crippen LogP contribution in [0.5, 0.6) is 0 Å². The van der Waals surface area contributed by atoms with Crippen molar-refractivity contribution in [3.63, 3.8) is 0 Å². The molecule has 2 aromatic rings. The number of carbonyl (C=O) groups excluding carboxylic acids is 2. The Hall–Kier alpha value is -2.68. The van der Waals surface area contributed by atoms with Crippen LogP contribution < -0.4 is 21.2 Å². The van der Waals surface area contributed by atoms with Gasteiger partial charge in [-0.05, 0) is 63.1 Å². The Kier molecular flexibility index (Phi) is 5.53. The zero-order chi connectivity index (χ0) is 22.4. The third kappa shape index (κ3) is 3.62. The lowest BCUT2D eigenvalue weighted by molar-refractivity contribution is -0.135. The lowest BCUT2D eigenvalue weighted by Crippen LogP contribution is -2.44. The molecule has 3 aliphatic rings. The number of aromatic nitrogens is 2. The second-order valence-electron chi connectivity index (χ2n) is 9.38. The first-order chi connectivity index (χ1) is 15.4. The fraction of sp³-hybridized carbons (Fsp3) is 0.609. The van der Waals surface area contributed by atoms with E-state index in [1.165, 1.54) is 28.0 Å². The zero-order valence-corrected chi connectivity index (χ0v) is 18.4. The molecular weight excluding hydrogens is 413 g/mol. The van der Waals surface area contributed by atoms with Crippen molar-refractivity contribution in [1.82, 2.24) is 19.8 Å². The number of halogens is 1. The molecule has 32 heavy (non-hydrogen) atoms. The molecule has 0 saturated carbocycles. The van der Waals surface area contributed by atoms with Crippen LogP contribution in [-0.4, -0.2) is 47.1 Å². The molecule has 4 heterocycles. The summed E-state index contributed by atoms with van der Waals surface area (Å²) in [4.78, 5) is 38.9. The van der Waals surface area contributed by atoms with Crippen molar-refractivity contribution in [3.8, 4) is 0 Å². The molecule has 3 saturated heterocycles. The molecule has 1 unspecified atom stereocenters. The van der Waals surface area contributed by atoms with Gasteiger partial charge in [-0.1, -0.05) is 0 Å². The summed E-state index contributed by atoms with van der Waals surface area (Å²) in [7, 11) is 1.64. The van der Waals surface area contributed by atoms with Crippen molar-refractivity contribution in [2.24, 2.45) is 18.9 Å². The summed E-state index contributed by atoms with van der Waals surface area (Å²) < 4.78 is 18.1. The molecule has 8 nitrogen and oxygen atoms in total. The van der Waals surface area contributed by atoms with Crippen molar-refractivity contribution in [2.75, 3.05) is 31.1 Å². The molecule has 0 aliphatic carbocycles. The van der Waals surface area contributed by atoms with Crippen LogP contribution in [0.1, 0.15) is 44.6 Å². The van der Waals surface area contributed by atoms with E-state index in [2.05, 4.69) is 15.5 Å². The van der Waals surface area contributed by atoms with Crippen molar-refractivity contribution < 1.29 is 14.0 Å². The SMILES string of the molecule is Cn1c(=O)n(C2CCC(=O)NC2=O)c2cc(F)c(N3CCC(C4CCNCC4)CC3)cc21. The highest BCUT2D eigenvalue weighted by Crippen LogP contribution is 2.35. The molecule has 1 atom stereocenters. The third-order valence-corrected chi connectivity index (χ3v) is 7.61. The molecule has 1 aromatic carbocycles. The molecule has 0 radical (unpaired) electrons. The van der Waals surface area contributed by atoms with Crippen molar-refractivity contribution in [1.29, 1.82) is 0 Å². The van der Waals surface area contributed by atoms with Gasteiger partial charge in [-0.15, -0.1) is 0 Å². The number of nitrogens with one attached hydrogen (secondary N) is 2. The Labute approximate surface area is 185 Å². The van der Waals surface area contributed by atoms with Crippen molar-refractivity contribution >= 4 is 28.5 Å². The fourth-order valence-electron chi connectivity index (χ4n) is 5.77. The van der Waals surface area contributed by atoms with Gasteiger partial charge in [0.1, 0.15) is 11.9 Å². The second-order valence-corrected chi connectivity index (χ2v) is 9.38. The first-order valence-electron chi connectivity index (χ1n) is 11.6. The molecule has 2 N–H and O–H groups in total. The van der Waals surface area contributed by atoms with Crippen LogP contribution in [-0.2, 0) is 16.6 Å². The van der Waals surface area contributed by atoms with Gasteiger partial charge in [-0.3, -0.25) is 24.0 Å². The number of hydrogen-bond donors (Lipinski definition) is 2. The summed E-state index contributed by atoms with van der Waals surface area (Å²) in [5.41, 5.74) is 1.11. The minimum atomic E-state index is -0.810. The predicted molar refractivity (Wildman–Crippen MR) is 119 cm³/mol. The highest BCUT2D eigenvalue weighted by Gasteiger charge is 2.33. The van der Waals surface area contributed by atoms with Gasteiger partial charge in [0.15, 0.2) is 0 Å². The number of aryl methyl sites for hydroxylation is 1. The van der Waals surface area contributed by atoms with Gasteiger partial charge >= 0.3 is 5.69 Å². The van der Waals surface area contributed by atoms with E-state index in [0.717, 1.165) is 44.9 Å². The lowest BCUT2D eigenvalue weighted by Gasteiger charge is -2.38. The predicted octanol–water partition coefficient (Wildman–Crippen LogP) is 1.67. The largest absolute Gasteiger partial charge is 0.369 e. The molecule has 3 fully saturated rings. The number of carbonyl (C=O) groups is 2. The number of fused-ring (bicyclic) bond motifs is 1. The molecular formula is C23H30FN5O3. The lowest BCUT2D eigenvalue weighted by atomic mass is 9.79. The maximum Gasteiger partial charge on any atom is 0.329 e. The fourth-order valence-corrected chi connectivity index (χ4v) is 5.77. The van der Waals surface area contributed by atoms with E-state index < -0.39 is 11.9 Å². The number of nitrogens with zero attached hydrogens (tertiary/aromatic N) is 3. The summed E-state index contributed by atoms with van der Waals surface area (Å²) in [6.07, 6.45) is 4.95. The van der Waals surface area contributed by atoms with E-state index in [0.29, 0.717) is 22.6 Å². The molecule has 0 bridgehead atoms. The Balaban J connectivity index is 1.42. The smallest absolute Gasteiger partial charge is 0.329 e. The van der Waals surface area contributed by atoms with Gasteiger partial charge in [0, 0.05) is 32.6 Å². The van der Waals surface area contributed by atoms with Gasteiger partial charge < -0.3 is 10.2 Å². The van der Waals surface area contributed by atoms with Crippen molar-refractivity contribution in [3.05, 3.63) is 28.4 Å². The number of rotatable bonds is 3. The summed E-state index contributed by atoms with van der Waals surface area (Å²) in [6, 6.07) is 2.29. The molecule has 5 rings (SSSR count). The molecule has 0 spiro atoms. The van der Waals surface area contributed by atoms with Crippen molar-refractivity contribution in [2.45, 2.75) is 44.6 Å². The average molecular weight is 444 g/mol. The molecule has 2 amide bonds.